The number of aliphatic carboxylic acids is 2. The van der Waals surface area contributed by atoms with Crippen LogP contribution in [0, 0.1) is 0 Å². The first-order valence-electron chi connectivity index (χ1n) is 11.4. The monoisotopic (exact) mass is 519 g/mol. The van der Waals surface area contributed by atoms with Crippen LogP contribution in [0.2, 0.25) is 0 Å². The van der Waals surface area contributed by atoms with Crippen LogP contribution in [-0.4, -0.2) is 86.2 Å². The van der Waals surface area contributed by atoms with Gasteiger partial charge in [0.15, 0.2) is 0 Å². The number of hydrogen-bond donors (Lipinski definition) is 7. The number of H-pyrrole nitrogens is 1. The Morgan fingerprint density at radius 1 is 1.14 bits per heavy atom. The molecule has 1 aliphatic rings. The Hall–Kier alpha value is -3.58. The molecule has 7 N–H and O–H groups in total. The fraction of sp³-hybridized carbons (Fsp3) is 0.435. The number of nitrogens with zero attached hydrogens (tertiary/aromatic N) is 1. The number of benzene rings is 1. The third-order valence-corrected chi connectivity index (χ3v) is 6.45. The van der Waals surface area contributed by atoms with Gasteiger partial charge in [0.25, 0.3) is 0 Å². The van der Waals surface area contributed by atoms with Gasteiger partial charge in [0.2, 0.25) is 17.7 Å². The molecular formula is C23H29N5O7S. The molecule has 0 saturated carbocycles. The van der Waals surface area contributed by atoms with Gasteiger partial charge in [-0.3, -0.25) is 19.2 Å². The molecule has 1 saturated heterocycles. The van der Waals surface area contributed by atoms with Crippen LogP contribution in [0.4, 0.5) is 0 Å². The minimum Gasteiger partial charge on any atom is -0.481 e. The predicted molar refractivity (Wildman–Crippen MR) is 132 cm³/mol. The van der Waals surface area contributed by atoms with E-state index >= 15 is 0 Å². The van der Waals surface area contributed by atoms with Crippen molar-refractivity contribution in [3.8, 4) is 0 Å². The molecule has 3 amide bonds. The number of hydrogen-bond acceptors (Lipinski definition) is 7. The van der Waals surface area contributed by atoms with Crippen molar-refractivity contribution >= 4 is 53.2 Å². The average molecular weight is 520 g/mol. The van der Waals surface area contributed by atoms with Crippen LogP contribution >= 0.6 is 12.6 Å². The molecule has 0 radical (unpaired) electrons. The summed E-state index contributed by atoms with van der Waals surface area (Å²) in [5.41, 5.74) is 7.27. The van der Waals surface area contributed by atoms with Gasteiger partial charge in [-0.05, 0) is 24.5 Å². The Morgan fingerprint density at radius 3 is 2.53 bits per heavy atom. The van der Waals surface area contributed by atoms with Gasteiger partial charge in [0, 0.05) is 35.8 Å². The number of rotatable bonds is 11. The normalized spacial score (nSPS) is 17.8. The molecule has 36 heavy (non-hydrogen) atoms. The Bertz CT molecular complexity index is 1150. The number of nitrogens with two attached hydrogens (primary N) is 1. The first-order valence-corrected chi connectivity index (χ1v) is 12.0. The molecule has 1 aromatic carbocycles. The molecule has 4 atom stereocenters. The van der Waals surface area contributed by atoms with E-state index in [1.54, 1.807) is 6.20 Å². The van der Waals surface area contributed by atoms with Crippen LogP contribution in [0.5, 0.6) is 0 Å². The molecule has 4 unspecified atom stereocenters. The lowest BCUT2D eigenvalue weighted by Gasteiger charge is -2.29. The van der Waals surface area contributed by atoms with Crippen LogP contribution in [0.3, 0.4) is 0 Å². The van der Waals surface area contributed by atoms with E-state index in [-0.39, 0.29) is 18.7 Å². The Kier molecular flexibility index (Phi) is 8.93. The lowest BCUT2D eigenvalue weighted by molar-refractivity contribution is -0.144. The molecule has 3 rings (SSSR count). The van der Waals surface area contributed by atoms with E-state index in [1.165, 1.54) is 4.90 Å². The van der Waals surface area contributed by atoms with E-state index in [2.05, 4.69) is 28.2 Å². The van der Waals surface area contributed by atoms with E-state index in [4.69, 9.17) is 10.8 Å². The third kappa shape index (κ3) is 6.34. The highest BCUT2D eigenvalue weighted by Gasteiger charge is 2.39. The van der Waals surface area contributed by atoms with Crippen molar-refractivity contribution in [2.75, 3.05) is 12.3 Å². The van der Waals surface area contributed by atoms with Crippen molar-refractivity contribution in [2.45, 2.75) is 49.9 Å². The highest BCUT2D eigenvalue weighted by molar-refractivity contribution is 7.80. The van der Waals surface area contributed by atoms with E-state index in [0.29, 0.717) is 12.8 Å². The Labute approximate surface area is 212 Å². The van der Waals surface area contributed by atoms with Gasteiger partial charge in [0.1, 0.15) is 18.1 Å². The molecule has 0 spiro atoms. The second-order valence-corrected chi connectivity index (χ2v) is 8.97. The van der Waals surface area contributed by atoms with Crippen LogP contribution in [0.25, 0.3) is 10.9 Å². The summed E-state index contributed by atoms with van der Waals surface area (Å²) >= 11 is 3.95. The van der Waals surface area contributed by atoms with E-state index in [0.717, 1.165) is 16.5 Å². The molecule has 1 fully saturated rings. The van der Waals surface area contributed by atoms with Crippen molar-refractivity contribution in [3.05, 3.63) is 36.0 Å². The molecule has 13 heteroatoms. The van der Waals surface area contributed by atoms with Crippen molar-refractivity contribution in [2.24, 2.45) is 5.73 Å². The van der Waals surface area contributed by atoms with Gasteiger partial charge in [-0.25, -0.2) is 4.79 Å². The lowest BCUT2D eigenvalue weighted by atomic mass is 10.0. The third-order valence-electron chi connectivity index (χ3n) is 6.08. The molecule has 12 nitrogen and oxygen atoms in total. The quantitative estimate of drug-likeness (QED) is 0.193. The molecule has 194 valence electrons. The molecule has 1 aromatic heterocycles. The minimum atomic E-state index is -1.37. The second kappa shape index (κ2) is 11.9. The fourth-order valence-corrected chi connectivity index (χ4v) is 4.48. The summed E-state index contributed by atoms with van der Waals surface area (Å²) in [6.07, 6.45) is 1.99. The largest absolute Gasteiger partial charge is 0.481 e. The highest BCUT2D eigenvalue weighted by Crippen LogP contribution is 2.23. The summed E-state index contributed by atoms with van der Waals surface area (Å²) in [5, 5.41) is 24.0. The molecule has 2 aromatic rings. The number of carbonyl (C=O) groups is 5. The van der Waals surface area contributed by atoms with E-state index in [9.17, 15) is 29.1 Å². The number of thiol groups is 1. The first kappa shape index (κ1) is 27.0. The second-order valence-electron chi connectivity index (χ2n) is 8.60. The zero-order chi connectivity index (χ0) is 26.4. The average Bonchev–Trinajstić information content (AvgIpc) is 3.48. The number of nitrogens with one attached hydrogen (secondary N) is 3. The Morgan fingerprint density at radius 2 is 1.86 bits per heavy atom. The SMILES string of the molecule is NC(CC(=O)O)C(=O)NC(Cc1c[nH]c2ccccc12)C(=O)N1CCCC1C(=O)NC(CS)C(=O)O. The van der Waals surface area contributed by atoms with E-state index in [1.807, 2.05) is 24.3 Å². The first-order chi connectivity index (χ1) is 17.1. The maximum atomic E-state index is 13.6. The number of aromatic nitrogens is 1. The molecule has 0 aliphatic carbocycles. The van der Waals surface area contributed by atoms with Gasteiger partial charge >= 0.3 is 11.9 Å². The minimum absolute atomic E-state index is 0.0631. The number of carboxylic acids is 2. The van der Waals surface area contributed by atoms with E-state index < -0.39 is 60.2 Å². The lowest BCUT2D eigenvalue weighted by Crippen LogP contribution is -2.57. The van der Waals surface area contributed by atoms with Crippen LogP contribution in [0.1, 0.15) is 24.8 Å². The number of carboxylic acid groups (broad SMARTS) is 2. The zero-order valence-corrected chi connectivity index (χ0v) is 20.2. The molecule has 1 aliphatic heterocycles. The summed E-state index contributed by atoms with van der Waals surface area (Å²) in [7, 11) is 0. The predicted octanol–water partition coefficient (Wildman–Crippen LogP) is -0.513. The standard InChI is InChI=1S/C23H29N5O7S/c24-14(9-19(29)30)20(31)26-16(8-12-10-25-15-5-2-1-4-13(12)15)22(33)28-7-3-6-18(28)21(32)27-17(11-36)23(34)35/h1-2,4-5,10,14,16-18,25,36H,3,6-9,11,24H2,(H,26,31)(H,27,32)(H,29,30)(H,34,35). The fourth-order valence-electron chi connectivity index (χ4n) is 4.24. The summed E-state index contributed by atoms with van der Waals surface area (Å²) in [6, 6.07) is 2.76. The summed E-state index contributed by atoms with van der Waals surface area (Å²) < 4.78 is 0. The summed E-state index contributed by atoms with van der Waals surface area (Å²) in [5.74, 6) is -4.61. The van der Waals surface area contributed by atoms with Crippen LogP contribution in [-0.2, 0) is 30.4 Å². The van der Waals surface area contributed by atoms with Crippen molar-refractivity contribution in [1.82, 2.24) is 20.5 Å². The number of fused-ring (bicyclic) bond motifs is 1. The maximum Gasteiger partial charge on any atom is 0.327 e. The Balaban J connectivity index is 1.84. The summed E-state index contributed by atoms with van der Waals surface area (Å²) in [6.45, 7) is 0.233. The smallest absolute Gasteiger partial charge is 0.327 e. The number of carbonyl (C=O) groups excluding carboxylic acids is 3. The van der Waals surface area contributed by atoms with Crippen molar-refractivity contribution in [3.63, 3.8) is 0 Å². The number of aromatic amines is 1. The van der Waals surface area contributed by atoms with Gasteiger partial charge in [-0.15, -0.1) is 0 Å². The van der Waals surface area contributed by atoms with Gasteiger partial charge in [0.05, 0.1) is 12.5 Å². The zero-order valence-electron chi connectivity index (χ0n) is 19.3. The van der Waals surface area contributed by atoms with Gasteiger partial charge < -0.3 is 36.5 Å². The molecular weight excluding hydrogens is 490 g/mol. The number of amides is 3. The maximum absolute atomic E-state index is 13.6. The summed E-state index contributed by atoms with van der Waals surface area (Å²) in [4.78, 5) is 65.8. The number of likely N-dealkylation sites (tertiary alicyclic amines) is 1. The van der Waals surface area contributed by atoms with Crippen LogP contribution in [0.15, 0.2) is 30.5 Å². The topological polar surface area (TPSA) is 195 Å². The van der Waals surface area contributed by atoms with Gasteiger partial charge in [-0.2, -0.15) is 12.6 Å². The highest BCUT2D eigenvalue weighted by atomic mass is 32.1. The number of para-hydroxylation sites is 1. The van der Waals surface area contributed by atoms with Crippen LogP contribution < -0.4 is 16.4 Å². The molecule has 0 bridgehead atoms. The van der Waals surface area contributed by atoms with Crippen molar-refractivity contribution < 1.29 is 34.2 Å². The van der Waals surface area contributed by atoms with Crippen molar-refractivity contribution in [1.29, 1.82) is 0 Å². The molecule has 2 heterocycles. The van der Waals surface area contributed by atoms with Gasteiger partial charge in [-0.1, -0.05) is 18.2 Å².